The third-order valence-electron chi connectivity index (χ3n) is 6.77. The van der Waals surface area contributed by atoms with E-state index in [0.717, 1.165) is 60.4 Å². The Morgan fingerprint density at radius 3 is 2.69 bits per heavy atom. The Bertz CT molecular complexity index is 993. The highest BCUT2D eigenvalue weighted by Crippen LogP contribution is 2.49. The van der Waals surface area contributed by atoms with Crippen molar-refractivity contribution in [3.05, 3.63) is 66.1 Å². The van der Waals surface area contributed by atoms with Crippen LogP contribution in [0.15, 0.2) is 54.9 Å². The van der Waals surface area contributed by atoms with Crippen molar-refractivity contribution in [2.24, 2.45) is 11.8 Å². The molecular formula is C24H27N3O2. The first-order valence-electron chi connectivity index (χ1n) is 10.5. The molecule has 2 bridgehead atoms. The van der Waals surface area contributed by atoms with E-state index in [2.05, 4.69) is 22.0 Å². The Balaban J connectivity index is 1.37. The molecule has 0 spiro atoms. The SMILES string of the molecule is COc1ccc2nc(CN3C[C@@H]4CCC[C@@H](C3)C4(O)c3cccnc3)ccc2c1. The van der Waals surface area contributed by atoms with Crippen molar-refractivity contribution in [3.63, 3.8) is 0 Å². The van der Waals surface area contributed by atoms with Gasteiger partial charge < -0.3 is 9.84 Å². The lowest BCUT2D eigenvalue weighted by Gasteiger charge is -2.53. The number of fused-ring (bicyclic) bond motifs is 3. The quantitative estimate of drug-likeness (QED) is 0.736. The molecule has 0 radical (unpaired) electrons. The van der Waals surface area contributed by atoms with Gasteiger partial charge in [-0.05, 0) is 43.2 Å². The van der Waals surface area contributed by atoms with Crippen LogP contribution in [0, 0.1) is 11.8 Å². The molecule has 2 aliphatic rings. The number of aromatic nitrogens is 2. The molecule has 2 atom stereocenters. The van der Waals surface area contributed by atoms with Crippen LogP contribution < -0.4 is 4.74 Å². The normalized spacial score (nSPS) is 27.1. The maximum absolute atomic E-state index is 11.7. The van der Waals surface area contributed by atoms with Crippen LogP contribution in [0.25, 0.3) is 10.9 Å². The van der Waals surface area contributed by atoms with Crippen molar-refractivity contribution >= 4 is 10.9 Å². The van der Waals surface area contributed by atoms with E-state index in [1.807, 2.05) is 36.5 Å². The molecule has 3 heterocycles. The summed E-state index contributed by atoms with van der Waals surface area (Å²) in [5.41, 5.74) is 2.29. The Hall–Kier alpha value is -2.50. The van der Waals surface area contributed by atoms with Gasteiger partial charge in [0.25, 0.3) is 0 Å². The van der Waals surface area contributed by atoms with Gasteiger partial charge in [0.05, 0.1) is 23.9 Å². The minimum absolute atomic E-state index is 0.240. The topological polar surface area (TPSA) is 58.5 Å². The number of likely N-dealkylation sites (tertiary alicyclic amines) is 1. The Morgan fingerprint density at radius 1 is 1.14 bits per heavy atom. The highest BCUT2D eigenvalue weighted by Gasteiger charge is 2.51. The van der Waals surface area contributed by atoms with E-state index in [9.17, 15) is 5.11 Å². The average molecular weight is 389 g/mol. The highest BCUT2D eigenvalue weighted by atomic mass is 16.5. The number of hydrogen-bond acceptors (Lipinski definition) is 5. The van der Waals surface area contributed by atoms with E-state index < -0.39 is 5.60 Å². The molecule has 0 amide bonds. The van der Waals surface area contributed by atoms with Gasteiger partial charge in [0.1, 0.15) is 5.75 Å². The van der Waals surface area contributed by atoms with Gasteiger partial charge in [-0.3, -0.25) is 14.9 Å². The number of methoxy groups -OCH3 is 1. The van der Waals surface area contributed by atoms with Crippen molar-refractivity contribution in [1.29, 1.82) is 0 Å². The van der Waals surface area contributed by atoms with Crippen molar-refractivity contribution in [3.8, 4) is 5.75 Å². The zero-order valence-electron chi connectivity index (χ0n) is 16.8. The van der Waals surface area contributed by atoms with Gasteiger partial charge in [0, 0.05) is 54.8 Å². The van der Waals surface area contributed by atoms with E-state index >= 15 is 0 Å². The number of aliphatic hydroxyl groups is 1. The zero-order valence-corrected chi connectivity index (χ0v) is 16.8. The van der Waals surface area contributed by atoms with Crippen molar-refractivity contribution in [2.75, 3.05) is 20.2 Å². The second kappa shape index (κ2) is 7.39. The molecule has 5 nitrogen and oxygen atoms in total. The lowest BCUT2D eigenvalue weighted by atomic mass is 9.63. The molecule has 2 fully saturated rings. The lowest BCUT2D eigenvalue weighted by Crippen LogP contribution is -2.57. The number of piperidine rings is 1. The summed E-state index contributed by atoms with van der Waals surface area (Å²) in [5.74, 6) is 1.33. The smallest absolute Gasteiger partial charge is 0.119 e. The van der Waals surface area contributed by atoms with Crippen molar-refractivity contribution < 1.29 is 9.84 Å². The van der Waals surface area contributed by atoms with Gasteiger partial charge in [-0.2, -0.15) is 0 Å². The molecular weight excluding hydrogens is 362 g/mol. The maximum atomic E-state index is 11.7. The van der Waals surface area contributed by atoms with E-state index in [0.29, 0.717) is 0 Å². The van der Waals surface area contributed by atoms with Crippen LogP contribution in [0.2, 0.25) is 0 Å². The summed E-state index contributed by atoms with van der Waals surface area (Å²) in [5, 5.41) is 12.8. The monoisotopic (exact) mass is 389 g/mol. The highest BCUT2D eigenvalue weighted by molar-refractivity contribution is 5.80. The molecule has 1 aliphatic heterocycles. The summed E-state index contributed by atoms with van der Waals surface area (Å²) in [6, 6.07) is 14.2. The molecule has 5 rings (SSSR count). The van der Waals surface area contributed by atoms with Gasteiger partial charge in [-0.1, -0.05) is 18.6 Å². The number of ether oxygens (including phenoxy) is 1. The Morgan fingerprint density at radius 2 is 1.97 bits per heavy atom. The van der Waals surface area contributed by atoms with Crippen LogP contribution in [0.5, 0.6) is 5.75 Å². The van der Waals surface area contributed by atoms with E-state index in [1.54, 1.807) is 13.3 Å². The molecule has 1 aromatic carbocycles. The molecule has 0 unspecified atom stereocenters. The fraction of sp³-hybridized carbons (Fsp3) is 0.417. The molecule has 1 saturated heterocycles. The first-order chi connectivity index (χ1) is 14.2. The van der Waals surface area contributed by atoms with E-state index in [1.165, 1.54) is 6.42 Å². The van der Waals surface area contributed by atoms with Crippen LogP contribution in [0.1, 0.15) is 30.5 Å². The second-order valence-corrected chi connectivity index (χ2v) is 8.45. The van der Waals surface area contributed by atoms with Crippen LogP contribution in [0.3, 0.4) is 0 Å². The average Bonchev–Trinajstić information content (AvgIpc) is 2.75. The molecule has 5 heteroatoms. The van der Waals surface area contributed by atoms with Gasteiger partial charge in [-0.25, -0.2) is 0 Å². The molecule has 1 aliphatic carbocycles. The van der Waals surface area contributed by atoms with Crippen LogP contribution in [0.4, 0.5) is 0 Å². The second-order valence-electron chi connectivity index (χ2n) is 8.45. The molecule has 2 aromatic heterocycles. The minimum Gasteiger partial charge on any atom is -0.497 e. The first kappa shape index (κ1) is 18.5. The summed E-state index contributed by atoms with van der Waals surface area (Å²) in [6.45, 7) is 2.60. The summed E-state index contributed by atoms with van der Waals surface area (Å²) in [7, 11) is 1.68. The molecule has 1 saturated carbocycles. The Labute approximate surface area is 171 Å². The van der Waals surface area contributed by atoms with Crippen molar-refractivity contribution in [2.45, 2.75) is 31.4 Å². The maximum Gasteiger partial charge on any atom is 0.119 e. The number of rotatable bonds is 4. The zero-order chi connectivity index (χ0) is 19.8. The number of hydrogen-bond donors (Lipinski definition) is 1. The largest absolute Gasteiger partial charge is 0.497 e. The summed E-state index contributed by atoms with van der Waals surface area (Å²) in [6.07, 6.45) is 6.94. The molecule has 1 N–H and O–H groups in total. The number of benzene rings is 1. The molecule has 150 valence electrons. The van der Waals surface area contributed by atoms with Crippen molar-refractivity contribution in [1.82, 2.24) is 14.9 Å². The summed E-state index contributed by atoms with van der Waals surface area (Å²) < 4.78 is 5.31. The molecule has 29 heavy (non-hydrogen) atoms. The number of pyridine rings is 2. The van der Waals surface area contributed by atoms with Gasteiger partial charge in [0.15, 0.2) is 0 Å². The molecule has 3 aromatic rings. The predicted molar refractivity (Wildman–Crippen MR) is 113 cm³/mol. The first-order valence-corrected chi connectivity index (χ1v) is 10.5. The third-order valence-corrected chi connectivity index (χ3v) is 6.77. The predicted octanol–water partition coefficient (Wildman–Crippen LogP) is 3.76. The summed E-state index contributed by atoms with van der Waals surface area (Å²) >= 11 is 0. The van der Waals surface area contributed by atoms with Gasteiger partial charge >= 0.3 is 0 Å². The van der Waals surface area contributed by atoms with Crippen LogP contribution in [-0.4, -0.2) is 40.2 Å². The fourth-order valence-electron chi connectivity index (χ4n) is 5.33. The van der Waals surface area contributed by atoms with Gasteiger partial charge in [-0.15, -0.1) is 0 Å². The Kier molecular flexibility index (Phi) is 4.72. The van der Waals surface area contributed by atoms with Gasteiger partial charge in [0.2, 0.25) is 0 Å². The van der Waals surface area contributed by atoms with Crippen LogP contribution in [-0.2, 0) is 12.1 Å². The number of nitrogens with zero attached hydrogens (tertiary/aromatic N) is 3. The van der Waals surface area contributed by atoms with E-state index in [4.69, 9.17) is 9.72 Å². The fourth-order valence-corrected chi connectivity index (χ4v) is 5.33. The third kappa shape index (κ3) is 3.28. The van der Waals surface area contributed by atoms with E-state index in [-0.39, 0.29) is 11.8 Å². The summed E-state index contributed by atoms with van der Waals surface area (Å²) in [4.78, 5) is 11.6. The lowest BCUT2D eigenvalue weighted by molar-refractivity contribution is -0.148. The minimum atomic E-state index is -0.754. The van der Waals surface area contributed by atoms with Crippen LogP contribution >= 0.6 is 0 Å². The standard InChI is InChI=1S/C24H27N3O2/c1-29-22-9-10-23-17(12-22)7-8-21(26-23)16-27-14-19-4-2-5-20(15-27)24(19,28)18-6-3-11-25-13-18/h3,6-13,19-20,28H,2,4-5,14-16H2,1H3/t19-,20-/m0/s1.